The molecule has 0 unspecified atom stereocenters. The summed E-state index contributed by atoms with van der Waals surface area (Å²) in [6.07, 6.45) is 2.93. The second kappa shape index (κ2) is 6.08. The van der Waals surface area contributed by atoms with Crippen LogP contribution in [0.2, 0.25) is 0 Å². The lowest BCUT2D eigenvalue weighted by molar-refractivity contribution is -0.117. The zero-order chi connectivity index (χ0) is 16.4. The predicted molar refractivity (Wildman–Crippen MR) is 86.8 cm³/mol. The van der Waals surface area contributed by atoms with Gasteiger partial charge in [0.2, 0.25) is 5.91 Å². The molecular formula is C17H17N3O3. The number of aromatic amines is 1. The maximum atomic E-state index is 12.2. The highest BCUT2D eigenvalue weighted by Crippen LogP contribution is 2.24. The van der Waals surface area contributed by atoms with E-state index >= 15 is 0 Å². The van der Waals surface area contributed by atoms with Gasteiger partial charge in [-0.15, -0.1) is 0 Å². The number of carbonyl (C=O) groups excluding carboxylic acids is 3. The lowest BCUT2D eigenvalue weighted by Gasteiger charge is -2.16. The van der Waals surface area contributed by atoms with Crippen LogP contribution in [-0.2, 0) is 4.79 Å². The smallest absolute Gasteiger partial charge is 0.272 e. The van der Waals surface area contributed by atoms with Crippen molar-refractivity contribution in [2.45, 2.75) is 19.8 Å². The molecule has 3 rings (SSSR count). The molecule has 23 heavy (non-hydrogen) atoms. The highest BCUT2D eigenvalue weighted by Gasteiger charge is 2.22. The van der Waals surface area contributed by atoms with Crippen LogP contribution >= 0.6 is 0 Å². The van der Waals surface area contributed by atoms with E-state index in [0.29, 0.717) is 29.9 Å². The zero-order valence-corrected chi connectivity index (χ0v) is 12.8. The third-order valence-electron chi connectivity index (χ3n) is 3.82. The third kappa shape index (κ3) is 3.15. The lowest BCUT2D eigenvalue weighted by atomic mass is 10.2. The number of carbonyl (C=O) groups is 3. The Morgan fingerprint density at radius 2 is 2.09 bits per heavy atom. The summed E-state index contributed by atoms with van der Waals surface area (Å²) in [7, 11) is 0. The third-order valence-corrected chi connectivity index (χ3v) is 3.82. The fourth-order valence-corrected chi connectivity index (χ4v) is 2.60. The minimum Gasteiger partial charge on any atom is -0.356 e. The quantitative estimate of drug-likeness (QED) is 0.851. The highest BCUT2D eigenvalue weighted by molar-refractivity contribution is 6.05. The van der Waals surface area contributed by atoms with Crippen LogP contribution in [0.25, 0.3) is 0 Å². The first-order chi connectivity index (χ1) is 11.0. The molecule has 1 aromatic carbocycles. The number of ketones is 1. The van der Waals surface area contributed by atoms with Crippen molar-refractivity contribution in [1.82, 2.24) is 4.98 Å². The van der Waals surface area contributed by atoms with Crippen molar-refractivity contribution >= 4 is 29.0 Å². The molecule has 1 aliphatic heterocycles. The van der Waals surface area contributed by atoms with Gasteiger partial charge >= 0.3 is 0 Å². The summed E-state index contributed by atoms with van der Waals surface area (Å²) in [5, 5.41) is 2.77. The number of nitrogens with one attached hydrogen (secondary N) is 2. The molecule has 0 aliphatic carbocycles. The summed E-state index contributed by atoms with van der Waals surface area (Å²) in [5.74, 6) is -0.332. The molecule has 0 saturated carbocycles. The van der Waals surface area contributed by atoms with Crippen LogP contribution in [0.4, 0.5) is 11.4 Å². The summed E-state index contributed by atoms with van der Waals surface area (Å²) < 4.78 is 0. The first-order valence-electron chi connectivity index (χ1n) is 7.46. The van der Waals surface area contributed by atoms with Gasteiger partial charge in [0.05, 0.1) is 0 Å². The van der Waals surface area contributed by atoms with Gasteiger partial charge in [0.1, 0.15) is 5.69 Å². The molecule has 1 aliphatic rings. The summed E-state index contributed by atoms with van der Waals surface area (Å²) in [5.41, 5.74) is 2.16. The van der Waals surface area contributed by atoms with Crippen molar-refractivity contribution < 1.29 is 14.4 Å². The van der Waals surface area contributed by atoms with Crippen molar-refractivity contribution in [2.24, 2.45) is 0 Å². The van der Waals surface area contributed by atoms with E-state index in [1.54, 1.807) is 23.1 Å². The number of aromatic nitrogens is 1. The van der Waals surface area contributed by atoms with E-state index in [1.165, 1.54) is 19.2 Å². The number of hydrogen-bond acceptors (Lipinski definition) is 3. The maximum absolute atomic E-state index is 12.2. The Labute approximate surface area is 133 Å². The zero-order valence-electron chi connectivity index (χ0n) is 12.8. The number of benzene rings is 1. The standard InChI is InChI=1S/C17H17N3O3/c1-11(21)12-8-15(18-10-12)17(23)19-13-4-2-5-14(9-13)20-7-3-6-16(20)22/h2,4-5,8-10,18H,3,6-7H2,1H3,(H,19,23). The Morgan fingerprint density at radius 3 is 2.74 bits per heavy atom. The normalized spacial score (nSPS) is 14.1. The highest BCUT2D eigenvalue weighted by atomic mass is 16.2. The van der Waals surface area contributed by atoms with E-state index in [4.69, 9.17) is 0 Å². The predicted octanol–water partition coefficient (Wildman–Crippen LogP) is 2.60. The van der Waals surface area contributed by atoms with Gasteiger partial charge in [0, 0.05) is 36.1 Å². The van der Waals surface area contributed by atoms with E-state index in [0.717, 1.165) is 12.1 Å². The minimum absolute atomic E-state index is 0.101. The summed E-state index contributed by atoms with van der Waals surface area (Å²) in [4.78, 5) is 39.8. The molecule has 2 N–H and O–H groups in total. The maximum Gasteiger partial charge on any atom is 0.272 e. The first-order valence-corrected chi connectivity index (χ1v) is 7.46. The Hall–Kier alpha value is -2.89. The van der Waals surface area contributed by atoms with Crippen LogP contribution in [0, 0.1) is 0 Å². The van der Waals surface area contributed by atoms with E-state index in [-0.39, 0.29) is 17.6 Å². The largest absolute Gasteiger partial charge is 0.356 e. The van der Waals surface area contributed by atoms with E-state index in [2.05, 4.69) is 10.3 Å². The SMILES string of the molecule is CC(=O)c1c[nH]c(C(=O)Nc2cccc(N3CCCC3=O)c2)c1. The number of nitrogens with zero attached hydrogens (tertiary/aromatic N) is 1. The van der Waals surface area contributed by atoms with Crippen molar-refractivity contribution in [3.63, 3.8) is 0 Å². The van der Waals surface area contributed by atoms with Crippen molar-refractivity contribution in [3.05, 3.63) is 47.8 Å². The molecule has 2 aromatic rings. The molecule has 0 spiro atoms. The molecule has 6 heteroatoms. The van der Waals surface area contributed by atoms with Crippen molar-refractivity contribution in [3.8, 4) is 0 Å². The fourth-order valence-electron chi connectivity index (χ4n) is 2.60. The number of anilines is 2. The first kappa shape index (κ1) is 15.0. The molecule has 118 valence electrons. The van der Waals surface area contributed by atoms with Gasteiger partial charge in [0.15, 0.2) is 5.78 Å². The molecule has 0 atom stereocenters. The van der Waals surface area contributed by atoms with Gasteiger partial charge in [0.25, 0.3) is 5.91 Å². The van der Waals surface area contributed by atoms with Crippen LogP contribution in [0.1, 0.15) is 40.6 Å². The fraction of sp³-hybridized carbons (Fsp3) is 0.235. The average Bonchev–Trinajstić information content (AvgIpc) is 3.16. The number of amides is 2. The molecule has 6 nitrogen and oxygen atoms in total. The molecule has 2 heterocycles. The Morgan fingerprint density at radius 1 is 1.26 bits per heavy atom. The molecule has 1 saturated heterocycles. The monoisotopic (exact) mass is 311 g/mol. The van der Waals surface area contributed by atoms with Crippen LogP contribution in [0.3, 0.4) is 0 Å². The van der Waals surface area contributed by atoms with Gasteiger partial charge in [-0.1, -0.05) is 6.07 Å². The van der Waals surface area contributed by atoms with E-state index < -0.39 is 0 Å². The van der Waals surface area contributed by atoms with Crippen LogP contribution in [-0.4, -0.2) is 29.1 Å². The number of rotatable bonds is 4. The van der Waals surface area contributed by atoms with Gasteiger partial charge in [-0.2, -0.15) is 0 Å². The van der Waals surface area contributed by atoms with Gasteiger partial charge in [-0.25, -0.2) is 0 Å². The second-order valence-electron chi connectivity index (χ2n) is 5.51. The molecular weight excluding hydrogens is 294 g/mol. The molecule has 1 aromatic heterocycles. The summed E-state index contributed by atoms with van der Waals surface area (Å²) in [6, 6.07) is 8.70. The van der Waals surface area contributed by atoms with Gasteiger partial charge in [-0.3, -0.25) is 14.4 Å². The Kier molecular flexibility index (Phi) is 3.97. The Balaban J connectivity index is 1.75. The van der Waals surface area contributed by atoms with Gasteiger partial charge < -0.3 is 15.2 Å². The average molecular weight is 311 g/mol. The second-order valence-corrected chi connectivity index (χ2v) is 5.51. The number of hydrogen-bond donors (Lipinski definition) is 2. The minimum atomic E-state index is -0.331. The van der Waals surface area contributed by atoms with E-state index in [1.807, 2.05) is 6.07 Å². The van der Waals surface area contributed by atoms with Gasteiger partial charge in [-0.05, 0) is 37.6 Å². The van der Waals surface area contributed by atoms with Crippen LogP contribution in [0.5, 0.6) is 0 Å². The molecule has 0 bridgehead atoms. The Bertz CT molecular complexity index is 779. The van der Waals surface area contributed by atoms with Crippen molar-refractivity contribution in [2.75, 3.05) is 16.8 Å². The number of Topliss-reactive ketones (excluding diaryl/α,β-unsaturated/α-hetero) is 1. The topological polar surface area (TPSA) is 82.3 Å². The number of H-pyrrole nitrogens is 1. The molecule has 0 radical (unpaired) electrons. The van der Waals surface area contributed by atoms with Crippen molar-refractivity contribution in [1.29, 1.82) is 0 Å². The van der Waals surface area contributed by atoms with E-state index in [9.17, 15) is 14.4 Å². The van der Waals surface area contributed by atoms with Crippen LogP contribution < -0.4 is 10.2 Å². The summed E-state index contributed by atoms with van der Waals surface area (Å²) >= 11 is 0. The molecule has 2 amide bonds. The van der Waals surface area contributed by atoms with Crippen LogP contribution in [0.15, 0.2) is 36.5 Å². The lowest BCUT2D eigenvalue weighted by Crippen LogP contribution is -2.23. The molecule has 1 fully saturated rings. The summed E-state index contributed by atoms with van der Waals surface area (Å²) in [6.45, 7) is 2.15.